The highest BCUT2D eigenvalue weighted by Gasteiger charge is 2.17. The van der Waals surface area contributed by atoms with Crippen LogP contribution in [0.4, 0.5) is 10.5 Å². The van der Waals surface area contributed by atoms with Crippen LogP contribution in [0.5, 0.6) is 5.75 Å². The number of ether oxygens (including phenoxy) is 1. The van der Waals surface area contributed by atoms with E-state index in [1.54, 1.807) is 31.4 Å². The van der Waals surface area contributed by atoms with Crippen LogP contribution in [0.1, 0.15) is 49.4 Å². The summed E-state index contributed by atoms with van der Waals surface area (Å²) in [7, 11) is 1.68. The molecule has 0 saturated carbocycles. The molecule has 0 spiro atoms. The van der Waals surface area contributed by atoms with E-state index in [0.29, 0.717) is 16.6 Å². The molecule has 0 aromatic heterocycles. The van der Waals surface area contributed by atoms with Crippen molar-refractivity contribution in [3.63, 3.8) is 0 Å². The Morgan fingerprint density at radius 2 is 1.84 bits per heavy atom. The van der Waals surface area contributed by atoms with Gasteiger partial charge in [-0.05, 0) is 66.8 Å². The third-order valence-corrected chi connectivity index (χ3v) is 4.37. The van der Waals surface area contributed by atoms with Crippen LogP contribution in [0.15, 0.2) is 36.4 Å². The van der Waals surface area contributed by atoms with Crippen molar-refractivity contribution in [1.29, 1.82) is 0 Å². The molecule has 0 fully saturated rings. The van der Waals surface area contributed by atoms with Crippen LogP contribution in [0.2, 0.25) is 5.02 Å². The number of halogens is 1. The van der Waals surface area contributed by atoms with Crippen LogP contribution in [0, 0.1) is 6.92 Å². The summed E-state index contributed by atoms with van der Waals surface area (Å²) in [6, 6.07) is 10.8. The van der Waals surface area contributed by atoms with Gasteiger partial charge in [0.1, 0.15) is 5.75 Å². The number of urea groups is 1. The van der Waals surface area contributed by atoms with Crippen molar-refractivity contribution < 1.29 is 9.53 Å². The lowest BCUT2D eigenvalue weighted by Gasteiger charge is -2.21. The van der Waals surface area contributed by atoms with Gasteiger partial charge in [0, 0.05) is 10.7 Å². The van der Waals surface area contributed by atoms with E-state index in [1.165, 1.54) is 0 Å². The van der Waals surface area contributed by atoms with Gasteiger partial charge < -0.3 is 15.4 Å². The molecule has 25 heavy (non-hydrogen) atoms. The fourth-order valence-corrected chi connectivity index (χ4v) is 3.01. The monoisotopic (exact) mass is 360 g/mol. The largest absolute Gasteiger partial charge is 0.496 e. The van der Waals surface area contributed by atoms with Gasteiger partial charge in [-0.3, -0.25) is 0 Å². The Hall–Kier alpha value is -2.20. The zero-order valence-electron chi connectivity index (χ0n) is 15.3. The molecule has 0 radical (unpaired) electrons. The Kier molecular flexibility index (Phi) is 6.32. The van der Waals surface area contributed by atoms with Gasteiger partial charge in [0.25, 0.3) is 0 Å². The Morgan fingerprint density at radius 1 is 1.12 bits per heavy atom. The van der Waals surface area contributed by atoms with Crippen molar-refractivity contribution >= 4 is 23.3 Å². The maximum Gasteiger partial charge on any atom is 0.319 e. The maximum absolute atomic E-state index is 12.3. The third-order valence-electron chi connectivity index (χ3n) is 4.14. The molecule has 0 aliphatic rings. The Labute approximate surface area is 154 Å². The highest BCUT2D eigenvalue weighted by molar-refractivity contribution is 6.30. The van der Waals surface area contributed by atoms with Gasteiger partial charge in [-0.15, -0.1) is 0 Å². The Balaban J connectivity index is 2.15. The van der Waals surface area contributed by atoms with E-state index in [1.807, 2.05) is 19.9 Å². The first-order valence-electron chi connectivity index (χ1n) is 8.33. The molecule has 2 aromatic rings. The van der Waals surface area contributed by atoms with Crippen molar-refractivity contribution in [2.45, 2.75) is 39.7 Å². The molecular formula is C20H25ClN2O2. The molecule has 134 valence electrons. The van der Waals surface area contributed by atoms with Crippen LogP contribution < -0.4 is 15.4 Å². The van der Waals surface area contributed by atoms with Crippen LogP contribution in [-0.4, -0.2) is 13.1 Å². The number of carbonyl (C=O) groups is 1. The summed E-state index contributed by atoms with van der Waals surface area (Å²) in [4.78, 5) is 12.3. The fourth-order valence-electron chi connectivity index (χ4n) is 2.82. The lowest BCUT2D eigenvalue weighted by atomic mass is 9.93. The van der Waals surface area contributed by atoms with E-state index in [4.69, 9.17) is 16.3 Å². The number of methoxy groups -OCH3 is 1. The minimum Gasteiger partial charge on any atom is -0.496 e. The summed E-state index contributed by atoms with van der Waals surface area (Å²) in [6.07, 6.45) is 0. The molecule has 5 heteroatoms. The predicted molar refractivity (Wildman–Crippen MR) is 104 cm³/mol. The minimum absolute atomic E-state index is 0.136. The molecule has 2 rings (SSSR count). The first-order valence-corrected chi connectivity index (χ1v) is 8.71. The smallest absolute Gasteiger partial charge is 0.319 e. The predicted octanol–water partition coefficient (Wildman–Crippen LogP) is 5.66. The molecular weight excluding hydrogens is 336 g/mol. The van der Waals surface area contributed by atoms with Gasteiger partial charge in [-0.2, -0.15) is 0 Å². The second-order valence-electron chi connectivity index (χ2n) is 6.44. The summed E-state index contributed by atoms with van der Waals surface area (Å²) in [5.41, 5.74) is 3.95. The van der Waals surface area contributed by atoms with Crippen LogP contribution >= 0.6 is 11.6 Å². The molecule has 0 bridgehead atoms. The lowest BCUT2D eigenvalue weighted by Crippen LogP contribution is -2.31. The number of hydrogen-bond acceptors (Lipinski definition) is 2. The Morgan fingerprint density at radius 3 is 2.44 bits per heavy atom. The van der Waals surface area contributed by atoms with Crippen LogP contribution in [0.3, 0.4) is 0 Å². The molecule has 1 atom stereocenters. The first-order chi connectivity index (χ1) is 11.8. The Bertz CT molecular complexity index is 759. The van der Waals surface area contributed by atoms with Crippen LogP contribution in [-0.2, 0) is 0 Å². The highest BCUT2D eigenvalue weighted by atomic mass is 35.5. The second-order valence-corrected chi connectivity index (χ2v) is 6.87. The molecule has 0 aliphatic carbocycles. The maximum atomic E-state index is 12.3. The summed E-state index contributed by atoms with van der Waals surface area (Å²) in [6.45, 7) is 8.24. The van der Waals surface area contributed by atoms with Gasteiger partial charge in [-0.25, -0.2) is 4.79 Å². The van der Waals surface area contributed by atoms with Gasteiger partial charge in [0.2, 0.25) is 0 Å². The average molecular weight is 361 g/mol. The van der Waals surface area contributed by atoms with Gasteiger partial charge in [0.05, 0.1) is 13.2 Å². The zero-order chi connectivity index (χ0) is 18.6. The second kappa shape index (κ2) is 8.26. The van der Waals surface area contributed by atoms with Crippen molar-refractivity contribution in [3.8, 4) is 5.75 Å². The normalized spacial score (nSPS) is 12.0. The number of anilines is 1. The highest BCUT2D eigenvalue weighted by Crippen LogP contribution is 2.32. The van der Waals surface area contributed by atoms with E-state index in [0.717, 1.165) is 22.4 Å². The van der Waals surface area contributed by atoms with E-state index >= 15 is 0 Å². The van der Waals surface area contributed by atoms with E-state index in [-0.39, 0.29) is 12.1 Å². The van der Waals surface area contributed by atoms with Gasteiger partial charge in [0.15, 0.2) is 0 Å². The minimum atomic E-state index is -0.268. The number of hydrogen-bond donors (Lipinski definition) is 2. The van der Waals surface area contributed by atoms with Gasteiger partial charge >= 0.3 is 6.03 Å². The standard InChI is InChI=1S/C20H25ClN2O2/c1-12(2)17-11-18(13(3)9-19(17)25-5)14(4)22-20(24)23-16-8-6-7-15(21)10-16/h6-12,14H,1-5H3,(H2,22,23,24)/t14-/m0/s1. The molecule has 2 N–H and O–H groups in total. The average Bonchev–Trinajstić information content (AvgIpc) is 2.53. The van der Waals surface area contributed by atoms with E-state index in [2.05, 4.69) is 30.5 Å². The summed E-state index contributed by atoms with van der Waals surface area (Å²) in [5.74, 6) is 1.22. The molecule has 4 nitrogen and oxygen atoms in total. The zero-order valence-corrected chi connectivity index (χ0v) is 16.1. The van der Waals surface area contributed by atoms with Gasteiger partial charge in [-0.1, -0.05) is 31.5 Å². The molecule has 2 aromatic carbocycles. The van der Waals surface area contributed by atoms with Crippen molar-refractivity contribution in [3.05, 3.63) is 58.1 Å². The molecule has 2 amide bonds. The van der Waals surface area contributed by atoms with E-state index < -0.39 is 0 Å². The lowest BCUT2D eigenvalue weighted by molar-refractivity contribution is 0.249. The number of aryl methyl sites for hydroxylation is 1. The van der Waals surface area contributed by atoms with Crippen molar-refractivity contribution in [2.75, 3.05) is 12.4 Å². The van der Waals surface area contributed by atoms with Crippen molar-refractivity contribution in [2.24, 2.45) is 0 Å². The quantitative estimate of drug-likeness (QED) is 0.722. The number of benzene rings is 2. The van der Waals surface area contributed by atoms with Crippen molar-refractivity contribution in [1.82, 2.24) is 5.32 Å². The summed E-state index contributed by atoms with van der Waals surface area (Å²) < 4.78 is 5.48. The molecule has 0 aliphatic heterocycles. The molecule has 0 heterocycles. The number of nitrogens with one attached hydrogen (secondary N) is 2. The molecule has 0 unspecified atom stereocenters. The summed E-state index contributed by atoms with van der Waals surface area (Å²) >= 11 is 5.94. The third kappa shape index (κ3) is 4.89. The fraction of sp³-hybridized carbons (Fsp3) is 0.350. The number of carbonyl (C=O) groups excluding carboxylic acids is 1. The van der Waals surface area contributed by atoms with E-state index in [9.17, 15) is 4.79 Å². The summed E-state index contributed by atoms with van der Waals surface area (Å²) in [5, 5.41) is 6.36. The number of rotatable bonds is 5. The van der Waals surface area contributed by atoms with Crippen LogP contribution in [0.25, 0.3) is 0 Å². The first kappa shape index (κ1) is 19.1. The SMILES string of the molecule is COc1cc(C)c([C@H](C)NC(=O)Nc2cccc(Cl)c2)cc1C(C)C. The topological polar surface area (TPSA) is 50.4 Å². The number of amides is 2. The molecule has 0 saturated heterocycles.